The van der Waals surface area contributed by atoms with Gasteiger partial charge in [0.05, 0.1) is 12.8 Å². The van der Waals surface area contributed by atoms with Crippen molar-refractivity contribution in [3.05, 3.63) is 24.1 Å². The topological polar surface area (TPSA) is 68.5 Å². The molecule has 0 aliphatic carbocycles. The SMILES string of the molecule is CCOC(=O)CNc1nc2ccc(F)cn2n1. The minimum Gasteiger partial charge on any atom is -0.465 e. The second-order valence-electron chi connectivity index (χ2n) is 3.24. The summed E-state index contributed by atoms with van der Waals surface area (Å²) in [6.45, 7) is 2.03. The van der Waals surface area contributed by atoms with E-state index in [1.165, 1.54) is 22.8 Å². The number of ether oxygens (including phenoxy) is 1. The van der Waals surface area contributed by atoms with Gasteiger partial charge in [0.15, 0.2) is 5.65 Å². The quantitative estimate of drug-likeness (QED) is 0.799. The third-order valence-corrected chi connectivity index (χ3v) is 1.99. The van der Waals surface area contributed by atoms with Crippen LogP contribution in [0.4, 0.5) is 10.3 Å². The summed E-state index contributed by atoms with van der Waals surface area (Å²) in [6.07, 6.45) is 1.21. The number of carbonyl (C=O) groups excluding carboxylic acids is 1. The summed E-state index contributed by atoms with van der Waals surface area (Å²) in [5, 5.41) is 6.65. The molecule has 2 rings (SSSR count). The smallest absolute Gasteiger partial charge is 0.325 e. The van der Waals surface area contributed by atoms with Crippen LogP contribution in [0.3, 0.4) is 0 Å². The lowest BCUT2D eigenvalue weighted by Gasteiger charge is -2.00. The fourth-order valence-corrected chi connectivity index (χ4v) is 1.30. The van der Waals surface area contributed by atoms with E-state index in [1.54, 1.807) is 6.92 Å². The lowest BCUT2D eigenvalue weighted by Crippen LogP contribution is -2.17. The zero-order chi connectivity index (χ0) is 12.3. The number of rotatable bonds is 4. The summed E-state index contributed by atoms with van der Waals surface area (Å²) in [5.41, 5.74) is 0.498. The summed E-state index contributed by atoms with van der Waals surface area (Å²) in [5.74, 6) is -0.541. The van der Waals surface area contributed by atoms with Gasteiger partial charge >= 0.3 is 5.97 Å². The third-order valence-electron chi connectivity index (χ3n) is 1.99. The zero-order valence-electron chi connectivity index (χ0n) is 9.18. The first-order chi connectivity index (χ1) is 8.19. The maximum atomic E-state index is 12.9. The fourth-order valence-electron chi connectivity index (χ4n) is 1.30. The maximum Gasteiger partial charge on any atom is 0.325 e. The highest BCUT2D eigenvalue weighted by Gasteiger charge is 2.06. The molecule has 0 aromatic carbocycles. The Morgan fingerprint density at radius 1 is 1.59 bits per heavy atom. The van der Waals surface area contributed by atoms with Crippen LogP contribution in [0, 0.1) is 5.82 Å². The van der Waals surface area contributed by atoms with E-state index in [-0.39, 0.29) is 12.5 Å². The number of pyridine rings is 1. The molecular weight excluding hydrogens is 227 g/mol. The molecule has 0 aliphatic heterocycles. The molecule has 17 heavy (non-hydrogen) atoms. The maximum absolute atomic E-state index is 12.9. The van der Waals surface area contributed by atoms with Crippen molar-refractivity contribution >= 4 is 17.6 Å². The first-order valence-electron chi connectivity index (χ1n) is 5.10. The summed E-state index contributed by atoms with van der Waals surface area (Å²) in [4.78, 5) is 15.1. The van der Waals surface area contributed by atoms with Crippen molar-refractivity contribution in [1.29, 1.82) is 0 Å². The van der Waals surface area contributed by atoms with Crippen molar-refractivity contribution in [2.75, 3.05) is 18.5 Å². The van der Waals surface area contributed by atoms with Gasteiger partial charge in [0, 0.05) is 0 Å². The number of carbonyl (C=O) groups is 1. The van der Waals surface area contributed by atoms with Crippen LogP contribution >= 0.6 is 0 Å². The predicted octanol–water partition coefficient (Wildman–Crippen LogP) is 0.843. The lowest BCUT2D eigenvalue weighted by molar-refractivity contribution is -0.140. The van der Waals surface area contributed by atoms with E-state index in [4.69, 9.17) is 4.74 Å². The van der Waals surface area contributed by atoms with E-state index in [2.05, 4.69) is 15.4 Å². The van der Waals surface area contributed by atoms with Gasteiger partial charge < -0.3 is 10.1 Å². The molecule has 0 saturated carbocycles. The molecule has 0 bridgehead atoms. The monoisotopic (exact) mass is 238 g/mol. The van der Waals surface area contributed by atoms with Gasteiger partial charge in [-0.2, -0.15) is 4.98 Å². The highest BCUT2D eigenvalue weighted by Crippen LogP contribution is 2.06. The highest BCUT2D eigenvalue weighted by molar-refractivity contribution is 5.74. The van der Waals surface area contributed by atoms with Gasteiger partial charge in [0.2, 0.25) is 5.95 Å². The normalized spacial score (nSPS) is 10.5. The van der Waals surface area contributed by atoms with Crippen LogP contribution in [0.25, 0.3) is 5.65 Å². The Balaban J connectivity index is 2.07. The van der Waals surface area contributed by atoms with E-state index in [1.807, 2.05) is 0 Å². The Morgan fingerprint density at radius 2 is 2.41 bits per heavy atom. The minimum absolute atomic E-state index is 0.0206. The van der Waals surface area contributed by atoms with Crippen molar-refractivity contribution in [2.24, 2.45) is 0 Å². The molecular formula is C10H11FN4O2. The molecule has 0 saturated heterocycles. The summed E-state index contributed by atoms with van der Waals surface area (Å²) in [7, 11) is 0. The molecule has 1 N–H and O–H groups in total. The van der Waals surface area contributed by atoms with Crippen LogP contribution < -0.4 is 5.32 Å². The first-order valence-corrected chi connectivity index (χ1v) is 5.10. The fraction of sp³-hybridized carbons (Fsp3) is 0.300. The number of nitrogens with zero attached hydrogens (tertiary/aromatic N) is 3. The number of aromatic nitrogens is 3. The van der Waals surface area contributed by atoms with Gasteiger partial charge in [-0.25, -0.2) is 8.91 Å². The molecule has 2 heterocycles. The number of esters is 1. The van der Waals surface area contributed by atoms with E-state index >= 15 is 0 Å². The van der Waals surface area contributed by atoms with Crippen molar-refractivity contribution in [2.45, 2.75) is 6.92 Å². The Morgan fingerprint density at radius 3 is 3.18 bits per heavy atom. The Kier molecular flexibility index (Phi) is 3.17. The van der Waals surface area contributed by atoms with E-state index in [9.17, 15) is 9.18 Å². The molecule has 7 heteroatoms. The molecule has 0 atom stereocenters. The number of anilines is 1. The summed E-state index contributed by atoms with van der Waals surface area (Å²) in [6, 6.07) is 2.79. The number of nitrogens with one attached hydrogen (secondary N) is 1. The lowest BCUT2D eigenvalue weighted by atomic mass is 10.5. The second-order valence-corrected chi connectivity index (χ2v) is 3.24. The second kappa shape index (κ2) is 4.77. The van der Waals surface area contributed by atoms with Crippen LogP contribution in [0.15, 0.2) is 18.3 Å². The first kappa shape index (κ1) is 11.3. The molecule has 0 unspecified atom stereocenters. The van der Waals surface area contributed by atoms with Crippen LogP contribution in [0.5, 0.6) is 0 Å². The summed E-state index contributed by atoms with van der Waals surface area (Å²) < 4.78 is 18.9. The van der Waals surface area contributed by atoms with Crippen LogP contribution in [0.2, 0.25) is 0 Å². The predicted molar refractivity (Wildman–Crippen MR) is 58.1 cm³/mol. The van der Waals surface area contributed by atoms with Crippen LogP contribution in [0.1, 0.15) is 6.92 Å². The zero-order valence-corrected chi connectivity index (χ0v) is 9.18. The van der Waals surface area contributed by atoms with Crippen molar-refractivity contribution in [1.82, 2.24) is 14.6 Å². The van der Waals surface area contributed by atoms with Gasteiger partial charge in [0.1, 0.15) is 12.4 Å². The van der Waals surface area contributed by atoms with Gasteiger partial charge in [0.25, 0.3) is 0 Å². The number of hydrogen-bond acceptors (Lipinski definition) is 5. The molecule has 0 spiro atoms. The highest BCUT2D eigenvalue weighted by atomic mass is 19.1. The van der Waals surface area contributed by atoms with Gasteiger partial charge in [-0.1, -0.05) is 0 Å². The van der Waals surface area contributed by atoms with E-state index in [0.717, 1.165) is 0 Å². The molecule has 0 aliphatic rings. The Bertz CT molecular complexity index is 540. The average Bonchev–Trinajstić information content (AvgIpc) is 2.68. The molecule has 0 amide bonds. The van der Waals surface area contributed by atoms with Crippen molar-refractivity contribution in [3.8, 4) is 0 Å². The molecule has 90 valence electrons. The largest absolute Gasteiger partial charge is 0.465 e. The van der Waals surface area contributed by atoms with Gasteiger partial charge in [-0.15, -0.1) is 5.10 Å². The van der Waals surface area contributed by atoms with E-state index in [0.29, 0.717) is 12.3 Å². The number of halogens is 1. The molecule has 0 radical (unpaired) electrons. The van der Waals surface area contributed by atoms with Crippen molar-refractivity contribution < 1.29 is 13.9 Å². The van der Waals surface area contributed by atoms with Crippen LogP contribution in [-0.4, -0.2) is 33.7 Å². The summed E-state index contributed by atoms with van der Waals surface area (Å²) >= 11 is 0. The standard InChI is InChI=1S/C10H11FN4O2/c1-2-17-9(16)5-12-10-13-8-4-3-7(11)6-15(8)14-10/h3-4,6H,2,5H2,1H3,(H,12,14). The van der Waals surface area contributed by atoms with Gasteiger partial charge in [-0.05, 0) is 19.1 Å². The molecule has 2 aromatic rings. The Labute approximate surface area is 96.4 Å². The number of hydrogen-bond donors (Lipinski definition) is 1. The Hall–Kier alpha value is -2.18. The molecule has 2 aromatic heterocycles. The van der Waals surface area contributed by atoms with Gasteiger partial charge in [-0.3, -0.25) is 4.79 Å². The molecule has 6 nitrogen and oxygen atoms in total. The van der Waals surface area contributed by atoms with Crippen molar-refractivity contribution in [3.63, 3.8) is 0 Å². The van der Waals surface area contributed by atoms with E-state index < -0.39 is 11.8 Å². The third kappa shape index (κ3) is 2.68. The number of fused-ring (bicyclic) bond motifs is 1. The van der Waals surface area contributed by atoms with Crippen LogP contribution in [-0.2, 0) is 9.53 Å². The average molecular weight is 238 g/mol. The minimum atomic E-state index is -0.403. The molecule has 0 fully saturated rings.